The molecular formula is C12H16N4O4. The fourth-order valence-electron chi connectivity index (χ4n) is 2.58. The van der Waals surface area contributed by atoms with Gasteiger partial charge in [0.1, 0.15) is 6.04 Å². The lowest BCUT2D eigenvalue weighted by molar-refractivity contribution is -0.142. The van der Waals surface area contributed by atoms with Crippen molar-refractivity contribution in [3.8, 4) is 0 Å². The third-order valence-electron chi connectivity index (χ3n) is 3.70. The van der Waals surface area contributed by atoms with E-state index in [0.717, 1.165) is 12.1 Å². The number of nitrogens with one attached hydrogen (secondary N) is 2. The zero-order valence-corrected chi connectivity index (χ0v) is 10.8. The van der Waals surface area contributed by atoms with Crippen molar-refractivity contribution in [2.45, 2.75) is 31.5 Å². The van der Waals surface area contributed by atoms with Gasteiger partial charge in [-0.15, -0.1) is 0 Å². The number of hydrogen-bond acceptors (Lipinski definition) is 4. The van der Waals surface area contributed by atoms with E-state index in [4.69, 9.17) is 4.74 Å². The Balaban J connectivity index is 1.75. The van der Waals surface area contributed by atoms with Gasteiger partial charge in [-0.2, -0.15) is 0 Å². The number of amides is 2. The molecule has 2 aliphatic rings. The number of fused-ring (bicyclic) bond motifs is 1. The van der Waals surface area contributed by atoms with Gasteiger partial charge in [0.25, 0.3) is 0 Å². The molecule has 0 bridgehead atoms. The van der Waals surface area contributed by atoms with Crippen molar-refractivity contribution >= 4 is 12.0 Å². The number of nitrogens with zero attached hydrogens (tertiary/aromatic N) is 2. The number of aliphatic carboxylic acids is 1. The van der Waals surface area contributed by atoms with Gasteiger partial charge >= 0.3 is 12.0 Å². The summed E-state index contributed by atoms with van der Waals surface area (Å²) in [5.74, 6) is -1.02. The van der Waals surface area contributed by atoms with Gasteiger partial charge in [0.2, 0.25) is 0 Å². The van der Waals surface area contributed by atoms with Gasteiger partial charge < -0.3 is 25.0 Å². The van der Waals surface area contributed by atoms with Crippen molar-refractivity contribution in [2.24, 2.45) is 0 Å². The van der Waals surface area contributed by atoms with E-state index in [2.05, 4.69) is 15.3 Å². The normalized spacial score (nSPS) is 25.3. The molecule has 0 aromatic carbocycles. The van der Waals surface area contributed by atoms with Gasteiger partial charge in [-0.3, -0.25) is 0 Å². The first-order valence-electron chi connectivity index (χ1n) is 6.54. The number of aromatic nitrogens is 2. The van der Waals surface area contributed by atoms with Crippen LogP contribution < -0.4 is 5.32 Å². The van der Waals surface area contributed by atoms with Crippen LogP contribution in [0, 0.1) is 0 Å². The minimum Gasteiger partial charge on any atom is -0.480 e. The predicted molar refractivity (Wildman–Crippen MR) is 67.0 cm³/mol. The molecule has 1 aromatic rings. The highest BCUT2D eigenvalue weighted by molar-refractivity contribution is 5.83. The molecule has 3 heterocycles. The van der Waals surface area contributed by atoms with E-state index in [1.54, 1.807) is 0 Å². The van der Waals surface area contributed by atoms with Gasteiger partial charge in [-0.05, 0) is 6.42 Å². The smallest absolute Gasteiger partial charge is 0.326 e. The Labute approximate surface area is 115 Å². The second kappa shape index (κ2) is 5.12. The quantitative estimate of drug-likeness (QED) is 0.690. The maximum Gasteiger partial charge on any atom is 0.326 e. The lowest BCUT2D eigenvalue weighted by atomic mass is 10.0. The van der Waals surface area contributed by atoms with E-state index in [0.29, 0.717) is 18.9 Å². The molecular weight excluding hydrogens is 264 g/mol. The van der Waals surface area contributed by atoms with Gasteiger partial charge in [-0.1, -0.05) is 0 Å². The molecule has 0 aliphatic carbocycles. The number of urea groups is 1. The van der Waals surface area contributed by atoms with Crippen LogP contribution in [0.3, 0.4) is 0 Å². The van der Waals surface area contributed by atoms with Crippen LogP contribution in [0.2, 0.25) is 0 Å². The second-order valence-electron chi connectivity index (χ2n) is 5.02. The van der Waals surface area contributed by atoms with Crippen LogP contribution in [0.15, 0.2) is 6.33 Å². The molecule has 1 fully saturated rings. The molecule has 2 amide bonds. The first-order valence-corrected chi connectivity index (χ1v) is 6.54. The highest BCUT2D eigenvalue weighted by Crippen LogP contribution is 2.21. The maximum absolute atomic E-state index is 12.3. The molecule has 3 rings (SSSR count). The van der Waals surface area contributed by atoms with Gasteiger partial charge in [0.05, 0.1) is 36.9 Å². The molecule has 3 N–H and O–H groups in total. The van der Waals surface area contributed by atoms with Gasteiger partial charge in [-0.25, -0.2) is 14.6 Å². The van der Waals surface area contributed by atoms with E-state index in [-0.39, 0.29) is 25.0 Å². The number of aromatic amines is 1. The molecule has 0 spiro atoms. The predicted octanol–water partition coefficient (Wildman–Crippen LogP) is -0.281. The third kappa shape index (κ3) is 2.34. The summed E-state index contributed by atoms with van der Waals surface area (Å²) in [5, 5.41) is 12.1. The van der Waals surface area contributed by atoms with E-state index >= 15 is 0 Å². The third-order valence-corrected chi connectivity index (χ3v) is 3.70. The molecule has 8 nitrogen and oxygen atoms in total. The van der Waals surface area contributed by atoms with Crippen LogP contribution in [0.1, 0.15) is 17.8 Å². The number of carboxylic acids is 1. The number of carbonyl (C=O) groups excluding carboxylic acids is 1. The second-order valence-corrected chi connectivity index (χ2v) is 5.02. The van der Waals surface area contributed by atoms with Crippen LogP contribution in [0.25, 0.3) is 0 Å². The SMILES string of the molecule is O=C(O)C1Cc2nc[nH]c2CN1C(=O)NC1CCOC1. The van der Waals surface area contributed by atoms with Crippen molar-refractivity contribution in [2.75, 3.05) is 13.2 Å². The summed E-state index contributed by atoms with van der Waals surface area (Å²) in [5.41, 5.74) is 1.51. The summed E-state index contributed by atoms with van der Waals surface area (Å²) < 4.78 is 5.20. The number of ether oxygens (including phenoxy) is 1. The Morgan fingerprint density at radius 3 is 3.10 bits per heavy atom. The molecule has 1 aromatic heterocycles. The van der Waals surface area contributed by atoms with Gasteiger partial charge in [0.15, 0.2) is 0 Å². The Hall–Kier alpha value is -2.09. The summed E-state index contributed by atoms with van der Waals surface area (Å²) in [6.45, 7) is 1.33. The minimum atomic E-state index is -1.02. The Bertz CT molecular complexity index is 523. The van der Waals surface area contributed by atoms with Crippen molar-refractivity contribution < 1.29 is 19.4 Å². The van der Waals surface area contributed by atoms with Crippen LogP contribution in [0.4, 0.5) is 4.79 Å². The Morgan fingerprint density at radius 2 is 2.40 bits per heavy atom. The maximum atomic E-state index is 12.3. The summed E-state index contributed by atoms with van der Waals surface area (Å²) >= 11 is 0. The van der Waals surface area contributed by atoms with Crippen molar-refractivity contribution in [1.29, 1.82) is 0 Å². The number of imidazole rings is 1. The van der Waals surface area contributed by atoms with Crippen LogP contribution in [-0.2, 0) is 22.5 Å². The summed E-state index contributed by atoms with van der Waals surface area (Å²) in [4.78, 5) is 32.0. The lowest BCUT2D eigenvalue weighted by Gasteiger charge is -2.33. The zero-order chi connectivity index (χ0) is 14.1. The van der Waals surface area contributed by atoms with E-state index in [1.807, 2.05) is 0 Å². The van der Waals surface area contributed by atoms with Crippen LogP contribution in [0.5, 0.6) is 0 Å². The number of H-pyrrole nitrogens is 1. The first kappa shape index (κ1) is 12.9. The molecule has 0 saturated carbocycles. The zero-order valence-electron chi connectivity index (χ0n) is 10.8. The fraction of sp³-hybridized carbons (Fsp3) is 0.583. The summed E-state index contributed by atoms with van der Waals surface area (Å²) in [7, 11) is 0. The number of hydrogen-bond donors (Lipinski definition) is 3. The number of carboxylic acid groups (broad SMARTS) is 1. The van der Waals surface area contributed by atoms with Crippen molar-refractivity contribution in [1.82, 2.24) is 20.2 Å². The highest BCUT2D eigenvalue weighted by Gasteiger charge is 2.36. The number of rotatable bonds is 2. The average molecular weight is 280 g/mol. The average Bonchev–Trinajstić information content (AvgIpc) is 3.06. The Morgan fingerprint density at radius 1 is 1.55 bits per heavy atom. The number of carbonyl (C=O) groups is 2. The van der Waals surface area contributed by atoms with Gasteiger partial charge in [0, 0.05) is 13.0 Å². The van der Waals surface area contributed by atoms with Crippen molar-refractivity contribution in [3.63, 3.8) is 0 Å². The fourth-order valence-corrected chi connectivity index (χ4v) is 2.58. The Kier molecular flexibility index (Phi) is 3.31. The lowest BCUT2D eigenvalue weighted by Crippen LogP contribution is -2.54. The largest absolute Gasteiger partial charge is 0.480 e. The molecule has 1 saturated heterocycles. The van der Waals surface area contributed by atoms with Crippen molar-refractivity contribution in [3.05, 3.63) is 17.7 Å². The molecule has 8 heteroatoms. The highest BCUT2D eigenvalue weighted by atomic mass is 16.5. The van der Waals surface area contributed by atoms with E-state index in [9.17, 15) is 14.7 Å². The standard InChI is InChI=1S/C12H16N4O4/c17-11(18)10-3-8-9(14-6-13-8)4-16(10)12(19)15-7-1-2-20-5-7/h6-7,10H,1-5H2,(H,13,14)(H,15,19)(H,17,18). The van der Waals surface area contributed by atoms with E-state index in [1.165, 1.54) is 11.2 Å². The monoisotopic (exact) mass is 280 g/mol. The molecule has 2 atom stereocenters. The molecule has 0 radical (unpaired) electrons. The topological polar surface area (TPSA) is 108 Å². The summed E-state index contributed by atoms with van der Waals surface area (Å²) in [6.07, 6.45) is 2.51. The molecule has 2 aliphatic heterocycles. The first-order chi connectivity index (χ1) is 9.65. The molecule has 20 heavy (non-hydrogen) atoms. The molecule has 108 valence electrons. The van der Waals surface area contributed by atoms with E-state index < -0.39 is 12.0 Å². The molecule has 2 unspecified atom stereocenters. The minimum absolute atomic E-state index is 0.0416. The van der Waals surface area contributed by atoms with Crippen LogP contribution in [-0.4, -0.2) is 57.3 Å². The summed E-state index contributed by atoms with van der Waals surface area (Å²) in [6, 6.07) is -1.29. The van der Waals surface area contributed by atoms with Crippen LogP contribution >= 0.6 is 0 Å².